The molecule has 0 atom stereocenters. The number of rotatable bonds is 3. The lowest BCUT2D eigenvalue weighted by molar-refractivity contribution is -0.115. The topological polar surface area (TPSA) is 59.3 Å². The SMILES string of the molecule is O=C1NC(=O)C(=Cc2ccc3oc(Cc4cccc5ccccc45)cc3c2)S1. The molecule has 0 spiro atoms. The van der Waals surface area contributed by atoms with Crippen LogP contribution in [0.25, 0.3) is 27.8 Å². The largest absolute Gasteiger partial charge is 0.461 e. The third-order valence-electron chi connectivity index (χ3n) is 4.78. The second-order valence-electron chi connectivity index (χ2n) is 6.68. The van der Waals surface area contributed by atoms with E-state index in [1.54, 1.807) is 6.08 Å². The van der Waals surface area contributed by atoms with E-state index in [0.29, 0.717) is 11.3 Å². The molecule has 3 aromatic carbocycles. The van der Waals surface area contributed by atoms with Gasteiger partial charge in [0.05, 0.1) is 4.91 Å². The van der Waals surface area contributed by atoms with E-state index in [0.717, 1.165) is 34.1 Å². The van der Waals surface area contributed by atoms with E-state index in [9.17, 15) is 9.59 Å². The van der Waals surface area contributed by atoms with Gasteiger partial charge in [0.2, 0.25) is 0 Å². The summed E-state index contributed by atoms with van der Waals surface area (Å²) in [6.07, 6.45) is 2.43. The van der Waals surface area contributed by atoms with Crippen molar-refractivity contribution in [1.29, 1.82) is 0 Å². The van der Waals surface area contributed by atoms with Gasteiger partial charge in [-0.25, -0.2) is 0 Å². The van der Waals surface area contributed by atoms with Crippen molar-refractivity contribution in [1.82, 2.24) is 5.32 Å². The number of thioether (sulfide) groups is 1. The van der Waals surface area contributed by atoms with Crippen LogP contribution in [0.2, 0.25) is 0 Å². The third-order valence-corrected chi connectivity index (χ3v) is 5.59. The van der Waals surface area contributed by atoms with Crippen LogP contribution in [0.1, 0.15) is 16.9 Å². The van der Waals surface area contributed by atoms with Gasteiger partial charge in [-0.1, -0.05) is 48.5 Å². The van der Waals surface area contributed by atoms with Crippen molar-refractivity contribution in [2.45, 2.75) is 6.42 Å². The zero-order valence-corrected chi connectivity index (χ0v) is 15.6. The Bertz CT molecular complexity index is 1280. The number of fused-ring (bicyclic) bond motifs is 2. The van der Waals surface area contributed by atoms with Crippen LogP contribution in [0.4, 0.5) is 4.79 Å². The molecule has 2 amide bonds. The Hall–Kier alpha value is -3.31. The molecule has 4 nitrogen and oxygen atoms in total. The maximum Gasteiger partial charge on any atom is 0.290 e. The lowest BCUT2D eigenvalue weighted by Gasteiger charge is -2.04. The van der Waals surface area contributed by atoms with Crippen molar-refractivity contribution in [3.8, 4) is 0 Å². The van der Waals surface area contributed by atoms with Crippen LogP contribution in [0, 0.1) is 0 Å². The zero-order valence-electron chi connectivity index (χ0n) is 14.8. The molecule has 136 valence electrons. The van der Waals surface area contributed by atoms with Crippen LogP contribution in [0.5, 0.6) is 0 Å². The highest BCUT2D eigenvalue weighted by Gasteiger charge is 2.24. The summed E-state index contributed by atoms with van der Waals surface area (Å²) in [7, 11) is 0. The number of amides is 2. The number of carbonyl (C=O) groups excluding carboxylic acids is 2. The zero-order chi connectivity index (χ0) is 19.1. The van der Waals surface area contributed by atoms with Crippen LogP contribution in [0.3, 0.4) is 0 Å². The second-order valence-corrected chi connectivity index (χ2v) is 7.69. The fraction of sp³-hybridized carbons (Fsp3) is 0.0435. The molecule has 0 aliphatic carbocycles. The summed E-state index contributed by atoms with van der Waals surface area (Å²) in [4.78, 5) is 23.4. The summed E-state index contributed by atoms with van der Waals surface area (Å²) in [5.74, 6) is 0.540. The fourth-order valence-corrected chi connectivity index (χ4v) is 4.18. The predicted molar refractivity (Wildman–Crippen MR) is 112 cm³/mol. The molecule has 1 aromatic heterocycles. The maximum absolute atomic E-state index is 11.7. The van der Waals surface area contributed by atoms with E-state index in [1.807, 2.05) is 36.4 Å². The van der Waals surface area contributed by atoms with Gasteiger partial charge in [-0.3, -0.25) is 14.9 Å². The Morgan fingerprint density at radius 1 is 0.929 bits per heavy atom. The molecule has 0 bridgehead atoms. The quantitative estimate of drug-likeness (QED) is 0.473. The molecule has 4 aromatic rings. The molecule has 2 heterocycles. The Morgan fingerprint density at radius 2 is 1.79 bits per heavy atom. The van der Waals surface area contributed by atoms with Crippen LogP contribution in [-0.2, 0) is 11.2 Å². The minimum atomic E-state index is -0.348. The fourth-order valence-electron chi connectivity index (χ4n) is 3.50. The number of carbonyl (C=O) groups is 2. The number of hydrogen-bond acceptors (Lipinski definition) is 4. The molecule has 5 rings (SSSR count). The summed E-state index contributed by atoms with van der Waals surface area (Å²) in [5.41, 5.74) is 2.88. The van der Waals surface area contributed by atoms with Crippen LogP contribution in [0.15, 0.2) is 76.1 Å². The van der Waals surface area contributed by atoms with Gasteiger partial charge in [0, 0.05) is 11.8 Å². The van der Waals surface area contributed by atoms with Gasteiger partial charge >= 0.3 is 0 Å². The standard InChI is InChI=1S/C23H15NO3S/c25-22-21(28-23(26)24-22)11-14-8-9-20-17(10-14)13-18(27-20)12-16-6-3-5-15-4-1-2-7-19(15)16/h1-11,13H,12H2,(H,24,25,26). The minimum absolute atomic E-state index is 0.335. The highest BCUT2D eigenvalue weighted by Crippen LogP contribution is 2.29. The molecule has 1 aliphatic heterocycles. The normalized spacial score (nSPS) is 15.6. The van der Waals surface area contributed by atoms with Crippen LogP contribution in [-0.4, -0.2) is 11.1 Å². The highest BCUT2D eigenvalue weighted by molar-refractivity contribution is 8.18. The number of benzene rings is 3. The molecule has 0 radical (unpaired) electrons. The lowest BCUT2D eigenvalue weighted by Crippen LogP contribution is -2.17. The molecule has 1 fully saturated rings. The van der Waals surface area contributed by atoms with E-state index >= 15 is 0 Å². The summed E-state index contributed by atoms with van der Waals surface area (Å²) >= 11 is 0.920. The molecule has 1 saturated heterocycles. The third kappa shape index (κ3) is 3.10. The van der Waals surface area contributed by atoms with E-state index < -0.39 is 0 Å². The van der Waals surface area contributed by atoms with Crippen molar-refractivity contribution in [3.05, 3.63) is 88.5 Å². The molecule has 0 unspecified atom stereocenters. The van der Waals surface area contributed by atoms with Gasteiger partial charge in [-0.15, -0.1) is 0 Å². The second kappa shape index (κ2) is 6.69. The van der Waals surface area contributed by atoms with Crippen molar-refractivity contribution in [2.24, 2.45) is 0 Å². The van der Waals surface area contributed by atoms with E-state index in [1.165, 1.54) is 16.3 Å². The Morgan fingerprint density at radius 3 is 2.64 bits per heavy atom. The van der Waals surface area contributed by atoms with Crippen LogP contribution >= 0.6 is 11.8 Å². The molecule has 0 saturated carbocycles. The first-order chi connectivity index (χ1) is 13.7. The minimum Gasteiger partial charge on any atom is -0.461 e. The molecule has 1 N–H and O–H groups in total. The van der Waals surface area contributed by atoms with Gasteiger partial charge in [-0.05, 0) is 57.9 Å². The molecular weight excluding hydrogens is 370 g/mol. The summed E-state index contributed by atoms with van der Waals surface area (Å²) in [6, 6.07) is 22.4. The number of hydrogen-bond donors (Lipinski definition) is 1. The van der Waals surface area contributed by atoms with E-state index in [2.05, 4.69) is 35.6 Å². The molecule has 1 aliphatic rings. The van der Waals surface area contributed by atoms with Gasteiger partial charge in [0.25, 0.3) is 11.1 Å². The summed E-state index contributed by atoms with van der Waals surface area (Å²) in [6.45, 7) is 0. The molecular formula is C23H15NO3S. The van der Waals surface area contributed by atoms with E-state index in [4.69, 9.17) is 4.42 Å². The first-order valence-corrected chi connectivity index (χ1v) is 9.71. The van der Waals surface area contributed by atoms with Crippen molar-refractivity contribution < 1.29 is 14.0 Å². The number of nitrogens with one attached hydrogen (secondary N) is 1. The van der Waals surface area contributed by atoms with Gasteiger partial charge in [-0.2, -0.15) is 0 Å². The summed E-state index contributed by atoms with van der Waals surface area (Å²) in [5, 5.41) is 5.35. The Labute approximate surface area is 165 Å². The first-order valence-electron chi connectivity index (χ1n) is 8.90. The first kappa shape index (κ1) is 16.8. The Balaban J connectivity index is 1.48. The van der Waals surface area contributed by atoms with Gasteiger partial charge in [0.1, 0.15) is 11.3 Å². The molecule has 5 heteroatoms. The van der Waals surface area contributed by atoms with Gasteiger partial charge < -0.3 is 4.42 Å². The lowest BCUT2D eigenvalue weighted by atomic mass is 10.0. The van der Waals surface area contributed by atoms with Crippen molar-refractivity contribution in [3.63, 3.8) is 0 Å². The number of furan rings is 1. The maximum atomic E-state index is 11.7. The smallest absolute Gasteiger partial charge is 0.290 e. The Kier molecular flexibility index (Phi) is 4.02. The summed E-state index contributed by atoms with van der Waals surface area (Å²) < 4.78 is 6.02. The van der Waals surface area contributed by atoms with Crippen molar-refractivity contribution >= 4 is 50.7 Å². The average Bonchev–Trinajstić information content (AvgIpc) is 3.23. The highest BCUT2D eigenvalue weighted by atomic mass is 32.2. The monoisotopic (exact) mass is 385 g/mol. The average molecular weight is 385 g/mol. The van der Waals surface area contributed by atoms with E-state index in [-0.39, 0.29) is 11.1 Å². The predicted octanol–water partition coefficient (Wildman–Crippen LogP) is 5.50. The van der Waals surface area contributed by atoms with Gasteiger partial charge in [0.15, 0.2) is 0 Å². The number of imide groups is 1. The van der Waals surface area contributed by atoms with Crippen molar-refractivity contribution in [2.75, 3.05) is 0 Å². The molecule has 28 heavy (non-hydrogen) atoms. The van der Waals surface area contributed by atoms with Crippen LogP contribution < -0.4 is 5.32 Å².